The minimum absolute atomic E-state index is 0.0275. The average Bonchev–Trinajstić information content (AvgIpc) is 2.77. The molecule has 0 bridgehead atoms. The lowest BCUT2D eigenvalue weighted by Crippen LogP contribution is -2.09. The van der Waals surface area contributed by atoms with Crippen molar-refractivity contribution in [1.29, 1.82) is 5.26 Å². The number of rotatable bonds is 2. The van der Waals surface area contributed by atoms with E-state index in [1.54, 1.807) is 11.3 Å². The molecule has 0 aliphatic heterocycles. The van der Waals surface area contributed by atoms with Crippen molar-refractivity contribution in [3.63, 3.8) is 0 Å². The van der Waals surface area contributed by atoms with Crippen LogP contribution in [-0.2, 0) is 5.41 Å². The first kappa shape index (κ1) is 7.78. The molecule has 0 unspecified atom stereocenters. The summed E-state index contributed by atoms with van der Waals surface area (Å²) >= 11 is 1.59. The minimum Gasteiger partial charge on any atom is -0.395 e. The van der Waals surface area contributed by atoms with Crippen LogP contribution in [0.4, 0.5) is 0 Å². The minimum atomic E-state index is 0.0275. The fourth-order valence-corrected chi connectivity index (χ4v) is 2.39. The molecule has 1 aromatic rings. The highest BCUT2D eigenvalue weighted by molar-refractivity contribution is 7.10. The zero-order valence-corrected chi connectivity index (χ0v) is 7.40. The van der Waals surface area contributed by atoms with Crippen molar-refractivity contribution in [1.82, 2.24) is 0 Å². The summed E-state index contributed by atoms with van der Waals surface area (Å²) < 4.78 is 0. The van der Waals surface area contributed by atoms with E-state index < -0.39 is 0 Å². The number of hydrogen-bond acceptors (Lipinski definition) is 3. The average molecular weight is 179 g/mol. The monoisotopic (exact) mass is 179 g/mol. The second-order valence-corrected chi connectivity index (χ2v) is 4.16. The first-order valence-electron chi connectivity index (χ1n) is 3.91. The smallest absolute Gasteiger partial charge is 0.100 e. The lowest BCUT2D eigenvalue weighted by atomic mass is 10.1. The third kappa shape index (κ3) is 1.04. The number of nitrogens with zero attached hydrogens (tertiary/aromatic N) is 1. The van der Waals surface area contributed by atoms with Crippen molar-refractivity contribution in [2.75, 3.05) is 6.61 Å². The second-order valence-electron chi connectivity index (χ2n) is 3.25. The van der Waals surface area contributed by atoms with Crippen LogP contribution in [0.2, 0.25) is 0 Å². The summed E-state index contributed by atoms with van der Waals surface area (Å²) in [5.41, 5.74) is 0.745. The van der Waals surface area contributed by atoms with Crippen LogP contribution in [0.15, 0.2) is 11.4 Å². The number of aliphatic hydroxyl groups excluding tert-OH is 1. The number of aliphatic hydroxyl groups is 1. The highest BCUT2D eigenvalue weighted by Gasteiger charge is 2.44. The topological polar surface area (TPSA) is 44.0 Å². The van der Waals surface area contributed by atoms with Crippen molar-refractivity contribution < 1.29 is 5.11 Å². The van der Waals surface area contributed by atoms with E-state index in [2.05, 4.69) is 6.07 Å². The molecular formula is C9H9NOS. The Hall–Kier alpha value is -0.850. The molecule has 1 fully saturated rings. The van der Waals surface area contributed by atoms with E-state index >= 15 is 0 Å². The van der Waals surface area contributed by atoms with Crippen molar-refractivity contribution in [3.05, 3.63) is 21.9 Å². The molecule has 0 saturated heterocycles. The normalized spacial score (nSPS) is 18.7. The summed E-state index contributed by atoms with van der Waals surface area (Å²) in [7, 11) is 0. The summed E-state index contributed by atoms with van der Waals surface area (Å²) in [6, 6.07) is 4.00. The zero-order valence-electron chi connectivity index (χ0n) is 6.58. The maximum absolute atomic E-state index is 9.12. The molecule has 3 heteroatoms. The maximum Gasteiger partial charge on any atom is 0.100 e. The Morgan fingerprint density at radius 3 is 2.83 bits per heavy atom. The van der Waals surface area contributed by atoms with Gasteiger partial charge in [-0.25, -0.2) is 0 Å². The molecule has 1 aliphatic rings. The zero-order chi connectivity index (χ0) is 8.60. The number of hydrogen-bond donors (Lipinski definition) is 1. The lowest BCUT2D eigenvalue weighted by molar-refractivity contribution is 0.257. The summed E-state index contributed by atoms with van der Waals surface area (Å²) in [6.07, 6.45) is 2.13. The summed E-state index contributed by atoms with van der Waals surface area (Å²) in [5.74, 6) is 0. The quantitative estimate of drug-likeness (QED) is 0.750. The standard InChI is InChI=1S/C9H9NOS/c10-4-7-3-8(12-5-7)9(6-11)1-2-9/h3,5,11H,1-2,6H2. The van der Waals surface area contributed by atoms with Gasteiger partial charge in [0.2, 0.25) is 0 Å². The van der Waals surface area contributed by atoms with Crippen LogP contribution in [0.1, 0.15) is 23.3 Å². The van der Waals surface area contributed by atoms with Crippen molar-refractivity contribution in [2.45, 2.75) is 18.3 Å². The van der Waals surface area contributed by atoms with Crippen LogP contribution >= 0.6 is 11.3 Å². The predicted molar refractivity (Wildman–Crippen MR) is 47.0 cm³/mol. The predicted octanol–water partition coefficient (Wildman–Crippen LogP) is 1.64. The van der Waals surface area contributed by atoms with E-state index in [0.717, 1.165) is 18.4 Å². The highest BCUT2D eigenvalue weighted by atomic mass is 32.1. The summed E-state index contributed by atoms with van der Waals surface area (Å²) in [5, 5.41) is 19.6. The van der Waals surface area contributed by atoms with Gasteiger partial charge in [-0.15, -0.1) is 11.3 Å². The number of nitriles is 1. The fraction of sp³-hybridized carbons (Fsp3) is 0.444. The summed E-state index contributed by atoms with van der Waals surface area (Å²) in [6.45, 7) is 0.221. The van der Waals surface area contributed by atoms with Crippen LogP contribution < -0.4 is 0 Å². The first-order valence-corrected chi connectivity index (χ1v) is 4.79. The first-order chi connectivity index (χ1) is 5.80. The van der Waals surface area contributed by atoms with Gasteiger partial charge in [0, 0.05) is 15.7 Å². The van der Waals surface area contributed by atoms with Gasteiger partial charge < -0.3 is 5.11 Å². The van der Waals surface area contributed by atoms with Gasteiger partial charge in [-0.05, 0) is 18.9 Å². The van der Waals surface area contributed by atoms with Gasteiger partial charge in [-0.2, -0.15) is 5.26 Å². The van der Waals surface area contributed by atoms with Gasteiger partial charge in [0.25, 0.3) is 0 Å². The molecular weight excluding hydrogens is 170 g/mol. The Labute approximate surface area is 75.1 Å². The Morgan fingerprint density at radius 2 is 2.42 bits per heavy atom. The Morgan fingerprint density at radius 1 is 1.67 bits per heavy atom. The van der Waals surface area contributed by atoms with Crippen LogP contribution in [0.5, 0.6) is 0 Å². The van der Waals surface area contributed by atoms with E-state index in [1.807, 2.05) is 11.4 Å². The summed E-state index contributed by atoms with van der Waals surface area (Å²) in [4.78, 5) is 1.17. The van der Waals surface area contributed by atoms with Crippen LogP contribution in [0, 0.1) is 11.3 Å². The maximum atomic E-state index is 9.12. The van der Waals surface area contributed by atoms with Gasteiger partial charge in [-0.3, -0.25) is 0 Å². The van der Waals surface area contributed by atoms with E-state index in [-0.39, 0.29) is 12.0 Å². The Kier molecular flexibility index (Phi) is 1.67. The molecule has 0 amide bonds. The van der Waals surface area contributed by atoms with Gasteiger partial charge in [0.15, 0.2) is 0 Å². The third-order valence-corrected chi connectivity index (χ3v) is 3.58. The third-order valence-electron chi connectivity index (χ3n) is 2.41. The highest BCUT2D eigenvalue weighted by Crippen LogP contribution is 2.49. The molecule has 1 aliphatic carbocycles. The molecule has 1 aromatic heterocycles. The molecule has 2 rings (SSSR count). The molecule has 62 valence electrons. The van der Waals surface area contributed by atoms with Crippen LogP contribution in [0.3, 0.4) is 0 Å². The SMILES string of the molecule is N#Cc1csc(C2(CO)CC2)c1. The van der Waals surface area contributed by atoms with Crippen LogP contribution in [-0.4, -0.2) is 11.7 Å². The van der Waals surface area contributed by atoms with Crippen LogP contribution in [0.25, 0.3) is 0 Å². The van der Waals surface area contributed by atoms with Crippen molar-refractivity contribution >= 4 is 11.3 Å². The molecule has 2 nitrogen and oxygen atoms in total. The van der Waals surface area contributed by atoms with E-state index in [0.29, 0.717) is 0 Å². The van der Waals surface area contributed by atoms with Gasteiger partial charge >= 0.3 is 0 Å². The van der Waals surface area contributed by atoms with E-state index in [9.17, 15) is 0 Å². The van der Waals surface area contributed by atoms with Gasteiger partial charge in [-0.1, -0.05) is 0 Å². The number of thiophene rings is 1. The molecule has 0 spiro atoms. The van der Waals surface area contributed by atoms with Gasteiger partial charge in [0.1, 0.15) is 6.07 Å². The lowest BCUT2D eigenvalue weighted by Gasteiger charge is -2.06. The molecule has 0 radical (unpaired) electrons. The molecule has 1 N–H and O–H groups in total. The molecule has 12 heavy (non-hydrogen) atoms. The molecule has 1 saturated carbocycles. The van der Waals surface area contributed by atoms with E-state index in [1.165, 1.54) is 4.88 Å². The largest absolute Gasteiger partial charge is 0.395 e. The van der Waals surface area contributed by atoms with Crippen molar-refractivity contribution in [3.8, 4) is 6.07 Å². The Balaban J connectivity index is 2.30. The molecule has 1 heterocycles. The van der Waals surface area contributed by atoms with Crippen molar-refractivity contribution in [2.24, 2.45) is 0 Å². The van der Waals surface area contributed by atoms with Gasteiger partial charge in [0.05, 0.1) is 12.2 Å². The molecule has 0 atom stereocenters. The molecule has 0 aromatic carbocycles. The second kappa shape index (κ2) is 2.58. The Bertz CT molecular complexity index is 333. The fourth-order valence-electron chi connectivity index (χ4n) is 1.31. The van der Waals surface area contributed by atoms with E-state index in [4.69, 9.17) is 10.4 Å².